The molecule has 1 fully saturated rings. The predicted octanol–water partition coefficient (Wildman–Crippen LogP) is 3.37. The van der Waals surface area contributed by atoms with Crippen LogP contribution in [0.4, 0.5) is 15.8 Å². The van der Waals surface area contributed by atoms with Gasteiger partial charge in [0, 0.05) is 51.2 Å². The van der Waals surface area contributed by atoms with Gasteiger partial charge in [-0.15, -0.1) is 0 Å². The van der Waals surface area contributed by atoms with E-state index < -0.39 is 10.7 Å². The van der Waals surface area contributed by atoms with Gasteiger partial charge >= 0.3 is 0 Å². The first kappa shape index (κ1) is 19.4. The lowest BCUT2D eigenvalue weighted by Crippen LogP contribution is -2.46. The Morgan fingerprint density at radius 3 is 2.69 bits per heavy atom. The van der Waals surface area contributed by atoms with Crippen molar-refractivity contribution in [3.8, 4) is 5.75 Å². The van der Waals surface area contributed by atoms with Crippen LogP contribution in [0.25, 0.3) is 5.65 Å². The van der Waals surface area contributed by atoms with Crippen molar-refractivity contribution in [3.63, 3.8) is 0 Å². The highest BCUT2D eigenvalue weighted by Gasteiger charge is 2.26. The summed E-state index contributed by atoms with van der Waals surface area (Å²) in [5.41, 5.74) is 1.87. The Balaban J connectivity index is 1.47. The van der Waals surface area contributed by atoms with Gasteiger partial charge in [0.1, 0.15) is 11.3 Å². The zero-order valence-electron chi connectivity index (χ0n) is 15.7. The number of nitro benzene ring substituents is 1. The van der Waals surface area contributed by atoms with Crippen molar-refractivity contribution < 1.29 is 14.1 Å². The van der Waals surface area contributed by atoms with Crippen LogP contribution in [0.15, 0.2) is 36.7 Å². The molecule has 10 heteroatoms. The summed E-state index contributed by atoms with van der Waals surface area (Å²) in [6.07, 6.45) is 3.76. The van der Waals surface area contributed by atoms with E-state index in [1.54, 1.807) is 6.07 Å². The van der Waals surface area contributed by atoms with Crippen molar-refractivity contribution in [2.24, 2.45) is 0 Å². The van der Waals surface area contributed by atoms with Crippen molar-refractivity contribution in [2.45, 2.75) is 6.54 Å². The summed E-state index contributed by atoms with van der Waals surface area (Å²) < 4.78 is 20.8. The average molecular weight is 420 g/mol. The van der Waals surface area contributed by atoms with E-state index in [-0.39, 0.29) is 11.4 Å². The first-order valence-electron chi connectivity index (χ1n) is 9.07. The number of hydrogen-bond acceptors (Lipinski definition) is 6. The predicted molar refractivity (Wildman–Crippen MR) is 107 cm³/mol. The molecule has 0 radical (unpaired) electrons. The molecular weight excluding hydrogens is 401 g/mol. The van der Waals surface area contributed by atoms with E-state index in [1.807, 2.05) is 27.8 Å². The second-order valence-corrected chi connectivity index (χ2v) is 7.28. The van der Waals surface area contributed by atoms with Gasteiger partial charge in [-0.1, -0.05) is 11.6 Å². The summed E-state index contributed by atoms with van der Waals surface area (Å²) in [4.78, 5) is 19.5. The van der Waals surface area contributed by atoms with E-state index in [1.165, 1.54) is 13.2 Å². The van der Waals surface area contributed by atoms with Gasteiger partial charge in [0.05, 0.1) is 28.8 Å². The van der Waals surface area contributed by atoms with Gasteiger partial charge in [-0.05, 0) is 12.1 Å². The zero-order chi connectivity index (χ0) is 20.5. The van der Waals surface area contributed by atoms with Gasteiger partial charge in [0.2, 0.25) is 0 Å². The molecule has 0 spiro atoms. The molecule has 0 amide bonds. The van der Waals surface area contributed by atoms with Crippen LogP contribution in [0.1, 0.15) is 5.69 Å². The van der Waals surface area contributed by atoms with Gasteiger partial charge in [0.25, 0.3) is 5.69 Å². The molecule has 0 saturated carbocycles. The number of nitrogens with zero attached hydrogens (tertiary/aromatic N) is 5. The quantitative estimate of drug-likeness (QED) is 0.466. The lowest BCUT2D eigenvalue weighted by atomic mass is 10.2. The largest absolute Gasteiger partial charge is 0.494 e. The molecule has 1 aliphatic heterocycles. The van der Waals surface area contributed by atoms with Gasteiger partial charge in [0.15, 0.2) is 11.6 Å². The van der Waals surface area contributed by atoms with Crippen LogP contribution in [0, 0.1) is 15.9 Å². The molecule has 1 aromatic carbocycles. The number of halogens is 2. The Morgan fingerprint density at radius 1 is 1.24 bits per heavy atom. The summed E-state index contributed by atoms with van der Waals surface area (Å²) >= 11 is 6.02. The van der Waals surface area contributed by atoms with Crippen molar-refractivity contribution in [3.05, 3.63) is 63.3 Å². The van der Waals surface area contributed by atoms with Gasteiger partial charge < -0.3 is 14.0 Å². The third-order valence-corrected chi connectivity index (χ3v) is 5.23. The molecule has 0 atom stereocenters. The van der Waals surface area contributed by atoms with E-state index in [4.69, 9.17) is 16.3 Å². The van der Waals surface area contributed by atoms with Gasteiger partial charge in [-0.3, -0.25) is 15.0 Å². The maximum absolute atomic E-state index is 13.9. The molecule has 0 bridgehead atoms. The van der Waals surface area contributed by atoms with E-state index >= 15 is 0 Å². The van der Waals surface area contributed by atoms with Crippen LogP contribution in [-0.4, -0.2) is 52.5 Å². The van der Waals surface area contributed by atoms with Crippen molar-refractivity contribution in [2.75, 3.05) is 38.2 Å². The Labute approximate surface area is 171 Å². The molecule has 152 valence electrons. The number of nitro groups is 1. The second kappa shape index (κ2) is 7.84. The Morgan fingerprint density at radius 2 is 2.00 bits per heavy atom. The number of rotatable bonds is 5. The maximum Gasteiger partial charge on any atom is 0.295 e. The van der Waals surface area contributed by atoms with Crippen LogP contribution in [0.5, 0.6) is 5.75 Å². The number of hydrogen-bond donors (Lipinski definition) is 0. The molecule has 8 nitrogen and oxygen atoms in total. The van der Waals surface area contributed by atoms with Crippen LogP contribution < -0.4 is 9.64 Å². The topological polar surface area (TPSA) is 76.2 Å². The standard InChI is InChI=1S/C19H19ClFN5O3/c1-29-18-9-16(17(26(27)28)8-15(18)21)24-6-4-23(5-7-24)11-14-12-25-10-13(20)2-3-19(25)22-14/h2-3,8-10,12H,4-7,11H2,1H3. The maximum atomic E-state index is 13.9. The number of imidazole rings is 1. The van der Waals surface area contributed by atoms with Crippen LogP contribution in [0.2, 0.25) is 5.02 Å². The fourth-order valence-corrected chi connectivity index (χ4v) is 3.73. The van der Waals surface area contributed by atoms with E-state index in [0.717, 1.165) is 17.4 Å². The number of pyridine rings is 1. The summed E-state index contributed by atoms with van der Waals surface area (Å²) in [5.74, 6) is -0.745. The fourth-order valence-electron chi connectivity index (χ4n) is 3.56. The van der Waals surface area contributed by atoms with Gasteiger partial charge in [-0.2, -0.15) is 0 Å². The molecule has 3 aromatic rings. The van der Waals surface area contributed by atoms with Crippen molar-refractivity contribution in [1.29, 1.82) is 0 Å². The Hall–Kier alpha value is -2.91. The monoisotopic (exact) mass is 419 g/mol. The zero-order valence-corrected chi connectivity index (χ0v) is 16.5. The highest BCUT2D eigenvalue weighted by atomic mass is 35.5. The number of anilines is 1. The number of ether oxygens (including phenoxy) is 1. The SMILES string of the molecule is COc1cc(N2CCN(Cc3cn4cc(Cl)ccc4n3)CC2)c([N+](=O)[O-])cc1F. The van der Waals surface area contributed by atoms with E-state index in [0.29, 0.717) is 43.4 Å². The van der Waals surface area contributed by atoms with Crippen molar-refractivity contribution >= 4 is 28.6 Å². The molecule has 1 saturated heterocycles. The number of benzene rings is 1. The second-order valence-electron chi connectivity index (χ2n) is 6.84. The molecule has 29 heavy (non-hydrogen) atoms. The summed E-state index contributed by atoms with van der Waals surface area (Å²) in [5, 5.41) is 12.0. The molecule has 2 aromatic heterocycles. The van der Waals surface area contributed by atoms with Crippen LogP contribution in [0.3, 0.4) is 0 Å². The highest BCUT2D eigenvalue weighted by Crippen LogP contribution is 2.35. The minimum absolute atomic E-state index is 0.00334. The average Bonchev–Trinajstić information content (AvgIpc) is 3.09. The first-order chi connectivity index (χ1) is 13.9. The fraction of sp³-hybridized carbons (Fsp3) is 0.316. The number of piperazine rings is 1. The normalized spacial score (nSPS) is 15.1. The van der Waals surface area contributed by atoms with Crippen molar-refractivity contribution in [1.82, 2.24) is 14.3 Å². The lowest BCUT2D eigenvalue weighted by molar-refractivity contribution is -0.384. The van der Waals surface area contributed by atoms with Gasteiger partial charge in [-0.25, -0.2) is 9.37 Å². The van der Waals surface area contributed by atoms with E-state index in [9.17, 15) is 14.5 Å². The molecule has 0 aliphatic carbocycles. The minimum atomic E-state index is -0.742. The van der Waals surface area contributed by atoms with E-state index in [2.05, 4.69) is 9.88 Å². The Bertz CT molecular complexity index is 1070. The Kier molecular flexibility index (Phi) is 5.25. The molecule has 0 unspecified atom stereocenters. The summed E-state index contributed by atoms with van der Waals surface area (Å²) in [7, 11) is 1.34. The highest BCUT2D eigenvalue weighted by molar-refractivity contribution is 6.30. The molecule has 1 aliphatic rings. The smallest absolute Gasteiger partial charge is 0.295 e. The molecular formula is C19H19ClFN5O3. The number of methoxy groups -OCH3 is 1. The molecule has 3 heterocycles. The lowest BCUT2D eigenvalue weighted by Gasteiger charge is -2.35. The first-order valence-corrected chi connectivity index (χ1v) is 9.45. The third kappa shape index (κ3) is 3.96. The van der Waals surface area contributed by atoms with Crippen LogP contribution in [-0.2, 0) is 6.54 Å². The third-order valence-electron chi connectivity index (χ3n) is 5.01. The molecule has 0 N–H and O–H groups in total. The summed E-state index contributed by atoms with van der Waals surface area (Å²) in [6, 6.07) is 5.98. The van der Waals surface area contributed by atoms with Crippen LogP contribution >= 0.6 is 11.6 Å². The number of fused-ring (bicyclic) bond motifs is 1. The minimum Gasteiger partial charge on any atom is -0.494 e. The number of aromatic nitrogens is 2. The summed E-state index contributed by atoms with van der Waals surface area (Å²) in [6.45, 7) is 3.22. The molecule has 4 rings (SSSR count).